The fourth-order valence-electron chi connectivity index (χ4n) is 1.32. The molecule has 0 aliphatic rings. The first-order valence-electron chi connectivity index (χ1n) is 5.07. The minimum absolute atomic E-state index is 0.499. The molecule has 0 unspecified atom stereocenters. The van der Waals surface area contributed by atoms with Crippen LogP contribution in [0.3, 0.4) is 0 Å². The molecule has 0 bridgehead atoms. The molecule has 2 rings (SSSR count). The number of hydrogen-bond acceptors (Lipinski definition) is 3. The van der Waals surface area contributed by atoms with Gasteiger partial charge in [-0.1, -0.05) is 19.9 Å². The Bertz CT molecular complexity index is 403. The second-order valence-corrected chi connectivity index (χ2v) is 4.74. The maximum absolute atomic E-state index is 4.28. The number of H-pyrrole nitrogens is 1. The van der Waals surface area contributed by atoms with E-state index >= 15 is 0 Å². The van der Waals surface area contributed by atoms with Crippen LogP contribution in [-0.4, -0.2) is 16.2 Å². The standard InChI is InChI=1S/C11H15N3S/c1-8(2)12-7-9-6-10(14-13-9)11-4-3-5-15-11/h3-6,8,12H,7H2,1-2H3,(H,13,14). The van der Waals surface area contributed by atoms with Gasteiger partial charge in [-0.25, -0.2) is 0 Å². The van der Waals surface area contributed by atoms with E-state index in [4.69, 9.17) is 0 Å². The van der Waals surface area contributed by atoms with Crippen LogP contribution < -0.4 is 5.32 Å². The number of hydrogen-bond donors (Lipinski definition) is 2. The summed E-state index contributed by atoms with van der Waals surface area (Å²) in [6.45, 7) is 5.11. The first kappa shape index (κ1) is 10.4. The molecular weight excluding hydrogens is 206 g/mol. The molecule has 0 atom stereocenters. The number of nitrogens with zero attached hydrogens (tertiary/aromatic N) is 1. The number of nitrogens with one attached hydrogen (secondary N) is 2. The summed E-state index contributed by atoms with van der Waals surface area (Å²) in [5.74, 6) is 0. The number of rotatable bonds is 4. The number of aromatic nitrogens is 2. The lowest BCUT2D eigenvalue weighted by Crippen LogP contribution is -2.21. The molecule has 0 aliphatic carbocycles. The van der Waals surface area contributed by atoms with Gasteiger partial charge in [0.2, 0.25) is 0 Å². The molecule has 80 valence electrons. The molecule has 2 N–H and O–H groups in total. The summed E-state index contributed by atoms with van der Waals surface area (Å²) >= 11 is 1.71. The van der Waals surface area contributed by atoms with Crippen LogP contribution in [-0.2, 0) is 6.54 Å². The highest BCUT2D eigenvalue weighted by Crippen LogP contribution is 2.22. The van der Waals surface area contributed by atoms with E-state index in [1.54, 1.807) is 11.3 Å². The van der Waals surface area contributed by atoms with Gasteiger partial charge in [0.25, 0.3) is 0 Å². The van der Waals surface area contributed by atoms with Crippen LogP contribution in [0.5, 0.6) is 0 Å². The van der Waals surface area contributed by atoms with Crippen LogP contribution >= 0.6 is 11.3 Å². The Morgan fingerprint density at radius 3 is 3.07 bits per heavy atom. The van der Waals surface area contributed by atoms with Gasteiger partial charge >= 0.3 is 0 Å². The van der Waals surface area contributed by atoms with E-state index in [2.05, 4.69) is 46.9 Å². The first-order valence-corrected chi connectivity index (χ1v) is 5.95. The Kier molecular flexibility index (Phi) is 3.18. The Morgan fingerprint density at radius 2 is 2.40 bits per heavy atom. The highest BCUT2D eigenvalue weighted by molar-refractivity contribution is 7.13. The van der Waals surface area contributed by atoms with Gasteiger partial charge in [-0.05, 0) is 17.5 Å². The molecule has 2 heterocycles. The van der Waals surface area contributed by atoms with E-state index in [-0.39, 0.29) is 0 Å². The van der Waals surface area contributed by atoms with Crippen LogP contribution in [0.2, 0.25) is 0 Å². The van der Waals surface area contributed by atoms with E-state index in [1.807, 2.05) is 6.07 Å². The average molecular weight is 221 g/mol. The zero-order valence-electron chi connectivity index (χ0n) is 8.95. The van der Waals surface area contributed by atoms with Crippen molar-refractivity contribution in [1.82, 2.24) is 15.5 Å². The summed E-state index contributed by atoms with van der Waals surface area (Å²) in [6, 6.07) is 6.72. The predicted octanol–water partition coefficient (Wildman–Crippen LogP) is 2.64. The SMILES string of the molecule is CC(C)NCc1cc(-c2cccs2)n[nH]1. The first-order chi connectivity index (χ1) is 7.25. The zero-order valence-corrected chi connectivity index (χ0v) is 9.77. The smallest absolute Gasteiger partial charge is 0.102 e. The van der Waals surface area contributed by atoms with Crippen LogP contribution in [0.4, 0.5) is 0 Å². The van der Waals surface area contributed by atoms with Crippen LogP contribution in [0.1, 0.15) is 19.5 Å². The Morgan fingerprint density at radius 1 is 1.53 bits per heavy atom. The lowest BCUT2D eigenvalue weighted by Gasteiger charge is -2.04. The van der Waals surface area contributed by atoms with Crippen molar-refractivity contribution >= 4 is 11.3 Å². The van der Waals surface area contributed by atoms with Gasteiger partial charge in [-0.2, -0.15) is 5.10 Å². The minimum atomic E-state index is 0.499. The van der Waals surface area contributed by atoms with E-state index in [9.17, 15) is 0 Å². The summed E-state index contributed by atoms with van der Waals surface area (Å²) in [7, 11) is 0. The summed E-state index contributed by atoms with van der Waals surface area (Å²) in [5.41, 5.74) is 2.16. The Balaban J connectivity index is 2.04. The van der Waals surface area contributed by atoms with Crippen molar-refractivity contribution in [3.8, 4) is 10.6 Å². The fourth-order valence-corrected chi connectivity index (χ4v) is 2.00. The highest BCUT2D eigenvalue weighted by atomic mass is 32.1. The molecule has 0 radical (unpaired) electrons. The molecule has 2 aromatic rings. The Hall–Kier alpha value is -1.13. The molecule has 2 aromatic heterocycles. The summed E-state index contributed by atoms with van der Waals surface area (Å²) < 4.78 is 0. The molecular formula is C11H15N3S. The second-order valence-electron chi connectivity index (χ2n) is 3.79. The van der Waals surface area contributed by atoms with Gasteiger partial charge < -0.3 is 5.32 Å². The molecule has 15 heavy (non-hydrogen) atoms. The normalized spacial score (nSPS) is 11.1. The molecule has 0 saturated heterocycles. The minimum Gasteiger partial charge on any atom is -0.309 e. The van der Waals surface area contributed by atoms with Crippen molar-refractivity contribution in [2.24, 2.45) is 0 Å². The molecule has 0 amide bonds. The molecule has 4 heteroatoms. The van der Waals surface area contributed by atoms with Crippen LogP contribution in [0.25, 0.3) is 10.6 Å². The van der Waals surface area contributed by atoms with Gasteiger partial charge in [-0.15, -0.1) is 11.3 Å². The van der Waals surface area contributed by atoms with Crippen molar-refractivity contribution in [3.63, 3.8) is 0 Å². The van der Waals surface area contributed by atoms with Crippen LogP contribution in [0, 0.1) is 0 Å². The lowest BCUT2D eigenvalue weighted by molar-refractivity contribution is 0.580. The number of aromatic amines is 1. The van der Waals surface area contributed by atoms with Gasteiger partial charge in [0, 0.05) is 18.3 Å². The Labute approximate surface area is 93.5 Å². The average Bonchev–Trinajstić information content (AvgIpc) is 2.85. The van der Waals surface area contributed by atoms with Gasteiger partial charge in [0.1, 0.15) is 5.69 Å². The zero-order chi connectivity index (χ0) is 10.7. The van der Waals surface area contributed by atoms with Crippen molar-refractivity contribution < 1.29 is 0 Å². The third-order valence-electron chi connectivity index (χ3n) is 2.11. The fraction of sp³-hybridized carbons (Fsp3) is 0.364. The lowest BCUT2D eigenvalue weighted by atomic mass is 10.3. The summed E-state index contributed by atoms with van der Waals surface area (Å²) in [6.07, 6.45) is 0. The molecule has 0 saturated carbocycles. The third-order valence-corrected chi connectivity index (χ3v) is 3.00. The summed E-state index contributed by atoms with van der Waals surface area (Å²) in [4.78, 5) is 1.21. The largest absolute Gasteiger partial charge is 0.309 e. The monoisotopic (exact) mass is 221 g/mol. The maximum Gasteiger partial charge on any atom is 0.102 e. The van der Waals surface area contributed by atoms with E-state index < -0.39 is 0 Å². The predicted molar refractivity (Wildman–Crippen MR) is 63.9 cm³/mol. The van der Waals surface area contributed by atoms with Crippen molar-refractivity contribution in [3.05, 3.63) is 29.3 Å². The molecule has 3 nitrogen and oxygen atoms in total. The third kappa shape index (κ3) is 2.67. The van der Waals surface area contributed by atoms with Crippen molar-refractivity contribution in [2.75, 3.05) is 0 Å². The van der Waals surface area contributed by atoms with E-state index in [0.29, 0.717) is 6.04 Å². The van der Waals surface area contributed by atoms with E-state index in [0.717, 1.165) is 17.9 Å². The topological polar surface area (TPSA) is 40.7 Å². The van der Waals surface area contributed by atoms with Crippen molar-refractivity contribution in [2.45, 2.75) is 26.4 Å². The van der Waals surface area contributed by atoms with Crippen molar-refractivity contribution in [1.29, 1.82) is 0 Å². The maximum atomic E-state index is 4.28. The molecule has 0 fully saturated rings. The molecule has 0 aromatic carbocycles. The van der Waals surface area contributed by atoms with E-state index in [1.165, 1.54) is 4.88 Å². The summed E-state index contributed by atoms with van der Waals surface area (Å²) in [5, 5.41) is 12.7. The van der Waals surface area contributed by atoms with Gasteiger partial charge in [-0.3, -0.25) is 5.10 Å². The molecule has 0 aliphatic heterocycles. The number of thiophene rings is 1. The van der Waals surface area contributed by atoms with Crippen LogP contribution in [0.15, 0.2) is 23.6 Å². The second kappa shape index (κ2) is 4.59. The van der Waals surface area contributed by atoms with Gasteiger partial charge in [0.15, 0.2) is 0 Å². The quantitative estimate of drug-likeness (QED) is 0.833. The molecule has 0 spiro atoms. The highest BCUT2D eigenvalue weighted by Gasteiger charge is 2.04. The van der Waals surface area contributed by atoms with Gasteiger partial charge in [0.05, 0.1) is 4.88 Å².